The molecule has 108 valence electrons. The van der Waals surface area contributed by atoms with Crippen LogP contribution in [0.25, 0.3) is 0 Å². The fraction of sp³-hybridized carbons (Fsp3) is 0.0667. The number of carbonyl (C=O) groups excluding carboxylic acids is 1. The summed E-state index contributed by atoms with van der Waals surface area (Å²) in [5, 5.41) is 25.4. The molecule has 0 spiro atoms. The predicted octanol–water partition coefficient (Wildman–Crippen LogP) is 2.32. The molecule has 0 saturated carbocycles. The Balaban J connectivity index is 1.92. The molecule has 0 saturated heterocycles. The van der Waals surface area contributed by atoms with Crippen molar-refractivity contribution in [1.29, 1.82) is 5.26 Å². The number of benzene rings is 2. The molecule has 0 radical (unpaired) electrons. The summed E-state index contributed by atoms with van der Waals surface area (Å²) in [6.07, 6.45) is -0.450. The SMILES string of the molecule is N#Cc1ccc([C@H]2NC(=O)c3cc([N+](=O)[O-])ccc3N2)cc1. The summed E-state index contributed by atoms with van der Waals surface area (Å²) < 4.78 is 0. The number of nitrogens with zero attached hydrogens (tertiary/aromatic N) is 2. The molecule has 22 heavy (non-hydrogen) atoms. The Morgan fingerprint density at radius 2 is 1.86 bits per heavy atom. The number of rotatable bonds is 2. The van der Waals surface area contributed by atoms with E-state index >= 15 is 0 Å². The number of nitro benzene ring substituents is 1. The third-order valence-corrected chi connectivity index (χ3v) is 3.41. The molecule has 0 bridgehead atoms. The van der Waals surface area contributed by atoms with E-state index < -0.39 is 11.1 Å². The normalized spacial score (nSPS) is 16.0. The Morgan fingerprint density at radius 3 is 2.50 bits per heavy atom. The average Bonchev–Trinajstić information content (AvgIpc) is 2.54. The highest BCUT2D eigenvalue weighted by Crippen LogP contribution is 2.29. The molecule has 7 heteroatoms. The van der Waals surface area contributed by atoms with Gasteiger partial charge in [0.15, 0.2) is 0 Å². The summed E-state index contributed by atoms with van der Waals surface area (Å²) in [6.45, 7) is 0. The molecule has 0 fully saturated rings. The molecule has 1 atom stereocenters. The molecule has 2 aromatic rings. The first-order valence-corrected chi connectivity index (χ1v) is 6.44. The lowest BCUT2D eigenvalue weighted by Gasteiger charge is -2.28. The van der Waals surface area contributed by atoms with Gasteiger partial charge in [-0.3, -0.25) is 14.9 Å². The summed E-state index contributed by atoms with van der Waals surface area (Å²) in [4.78, 5) is 22.4. The monoisotopic (exact) mass is 294 g/mol. The first-order chi connectivity index (χ1) is 10.6. The number of nitriles is 1. The molecule has 3 rings (SSSR count). The molecule has 7 nitrogen and oxygen atoms in total. The van der Waals surface area contributed by atoms with Gasteiger partial charge in [0.25, 0.3) is 11.6 Å². The van der Waals surface area contributed by atoms with Crippen molar-refractivity contribution in [3.63, 3.8) is 0 Å². The third-order valence-electron chi connectivity index (χ3n) is 3.41. The molecular formula is C15H10N4O3. The van der Waals surface area contributed by atoms with Crippen LogP contribution in [0.15, 0.2) is 42.5 Å². The van der Waals surface area contributed by atoms with Crippen molar-refractivity contribution < 1.29 is 9.72 Å². The van der Waals surface area contributed by atoms with Crippen molar-refractivity contribution >= 4 is 17.3 Å². The Hall–Kier alpha value is -3.40. The van der Waals surface area contributed by atoms with E-state index in [1.807, 2.05) is 6.07 Å². The van der Waals surface area contributed by atoms with Crippen molar-refractivity contribution in [2.24, 2.45) is 0 Å². The molecule has 1 aliphatic rings. The molecule has 1 amide bonds. The Labute approximate surface area is 125 Å². The summed E-state index contributed by atoms with van der Waals surface area (Å²) in [6, 6.07) is 12.9. The van der Waals surface area contributed by atoms with E-state index in [-0.39, 0.29) is 17.2 Å². The van der Waals surface area contributed by atoms with E-state index in [2.05, 4.69) is 10.6 Å². The number of nitro groups is 1. The van der Waals surface area contributed by atoms with Crippen LogP contribution in [-0.2, 0) is 0 Å². The molecule has 0 aromatic heterocycles. The number of amides is 1. The van der Waals surface area contributed by atoms with Crippen LogP contribution in [-0.4, -0.2) is 10.8 Å². The summed E-state index contributed by atoms with van der Waals surface area (Å²) >= 11 is 0. The quantitative estimate of drug-likeness (QED) is 0.652. The standard InChI is InChI=1S/C15H10N4O3/c16-8-9-1-3-10(4-2-9)14-17-13-6-5-11(19(21)22)7-12(13)15(20)18-14/h1-7,14,17H,(H,18,20)/t14-/m1/s1. The van der Waals surface area contributed by atoms with Gasteiger partial charge in [-0.25, -0.2) is 0 Å². The maximum atomic E-state index is 12.1. The molecule has 1 heterocycles. The van der Waals surface area contributed by atoms with Crippen molar-refractivity contribution in [1.82, 2.24) is 5.32 Å². The second-order valence-electron chi connectivity index (χ2n) is 4.77. The van der Waals surface area contributed by atoms with Crippen LogP contribution in [0.2, 0.25) is 0 Å². The topological polar surface area (TPSA) is 108 Å². The maximum absolute atomic E-state index is 12.1. The smallest absolute Gasteiger partial charge is 0.270 e. The zero-order valence-electron chi connectivity index (χ0n) is 11.2. The van der Waals surface area contributed by atoms with E-state index in [0.717, 1.165) is 5.56 Å². The predicted molar refractivity (Wildman–Crippen MR) is 78.1 cm³/mol. The van der Waals surface area contributed by atoms with Crippen LogP contribution in [0.5, 0.6) is 0 Å². The van der Waals surface area contributed by atoms with Crippen LogP contribution >= 0.6 is 0 Å². The van der Waals surface area contributed by atoms with Crippen LogP contribution < -0.4 is 10.6 Å². The van der Waals surface area contributed by atoms with Crippen LogP contribution in [0, 0.1) is 21.4 Å². The van der Waals surface area contributed by atoms with Gasteiger partial charge < -0.3 is 10.6 Å². The first kappa shape index (κ1) is 13.6. The molecule has 0 aliphatic carbocycles. The van der Waals surface area contributed by atoms with Crippen molar-refractivity contribution in [2.45, 2.75) is 6.17 Å². The zero-order chi connectivity index (χ0) is 15.7. The number of anilines is 1. The fourth-order valence-corrected chi connectivity index (χ4v) is 2.28. The Kier molecular flexibility index (Phi) is 3.20. The Bertz CT molecular complexity index is 809. The lowest BCUT2D eigenvalue weighted by Crippen LogP contribution is -2.38. The van der Waals surface area contributed by atoms with E-state index in [1.54, 1.807) is 24.3 Å². The second-order valence-corrected chi connectivity index (χ2v) is 4.77. The minimum atomic E-state index is -0.541. The largest absolute Gasteiger partial charge is 0.361 e. The average molecular weight is 294 g/mol. The van der Waals surface area contributed by atoms with Gasteiger partial charge >= 0.3 is 0 Å². The minimum absolute atomic E-state index is 0.132. The minimum Gasteiger partial charge on any atom is -0.361 e. The number of carbonyl (C=O) groups is 1. The molecule has 1 aliphatic heterocycles. The maximum Gasteiger partial charge on any atom is 0.270 e. The lowest BCUT2D eigenvalue weighted by atomic mass is 10.0. The fourth-order valence-electron chi connectivity index (χ4n) is 2.28. The van der Waals surface area contributed by atoms with Gasteiger partial charge in [-0.05, 0) is 23.8 Å². The van der Waals surface area contributed by atoms with Crippen molar-refractivity contribution in [2.75, 3.05) is 5.32 Å². The number of fused-ring (bicyclic) bond motifs is 1. The molecule has 0 unspecified atom stereocenters. The lowest BCUT2D eigenvalue weighted by molar-refractivity contribution is -0.384. The summed E-state index contributed by atoms with van der Waals surface area (Å²) in [7, 11) is 0. The van der Waals surface area contributed by atoms with Crippen LogP contribution in [0.3, 0.4) is 0 Å². The number of hydrogen-bond donors (Lipinski definition) is 2. The summed E-state index contributed by atoms with van der Waals surface area (Å²) in [5.74, 6) is -0.383. The van der Waals surface area contributed by atoms with Gasteiger partial charge in [0.05, 0.1) is 22.1 Å². The van der Waals surface area contributed by atoms with E-state index in [9.17, 15) is 14.9 Å². The van der Waals surface area contributed by atoms with Gasteiger partial charge in [-0.2, -0.15) is 5.26 Å². The van der Waals surface area contributed by atoms with Crippen LogP contribution in [0.4, 0.5) is 11.4 Å². The Morgan fingerprint density at radius 1 is 1.14 bits per heavy atom. The molecule has 2 aromatic carbocycles. The highest BCUT2D eigenvalue weighted by Gasteiger charge is 2.26. The number of nitrogens with one attached hydrogen (secondary N) is 2. The summed E-state index contributed by atoms with van der Waals surface area (Å²) in [5.41, 5.74) is 1.95. The van der Waals surface area contributed by atoms with E-state index in [0.29, 0.717) is 11.3 Å². The highest BCUT2D eigenvalue weighted by atomic mass is 16.6. The van der Waals surface area contributed by atoms with Gasteiger partial charge in [0, 0.05) is 17.8 Å². The van der Waals surface area contributed by atoms with Crippen molar-refractivity contribution in [3.8, 4) is 6.07 Å². The number of non-ortho nitro benzene ring substituents is 1. The van der Waals surface area contributed by atoms with Gasteiger partial charge in [0.1, 0.15) is 6.17 Å². The highest BCUT2D eigenvalue weighted by molar-refractivity contribution is 6.02. The van der Waals surface area contributed by atoms with Crippen molar-refractivity contribution in [3.05, 3.63) is 69.3 Å². The van der Waals surface area contributed by atoms with Gasteiger partial charge in [-0.1, -0.05) is 12.1 Å². The molecule has 2 N–H and O–H groups in total. The third kappa shape index (κ3) is 2.33. The first-order valence-electron chi connectivity index (χ1n) is 6.44. The van der Waals surface area contributed by atoms with E-state index in [4.69, 9.17) is 5.26 Å². The van der Waals surface area contributed by atoms with Crippen LogP contribution in [0.1, 0.15) is 27.7 Å². The zero-order valence-corrected chi connectivity index (χ0v) is 11.2. The van der Waals surface area contributed by atoms with Gasteiger partial charge in [0.2, 0.25) is 0 Å². The number of hydrogen-bond acceptors (Lipinski definition) is 5. The van der Waals surface area contributed by atoms with Gasteiger partial charge in [-0.15, -0.1) is 0 Å². The second kappa shape index (κ2) is 5.18. The molecular weight excluding hydrogens is 284 g/mol. The van der Waals surface area contributed by atoms with E-state index in [1.165, 1.54) is 18.2 Å².